The Bertz CT molecular complexity index is 812. The molecule has 27 heavy (non-hydrogen) atoms. The minimum Gasteiger partial charge on any atom is -0.490 e. The van der Waals surface area contributed by atoms with Crippen LogP contribution in [0.5, 0.6) is 5.75 Å². The molecule has 0 N–H and O–H groups in total. The van der Waals surface area contributed by atoms with E-state index in [1.54, 1.807) is 50.5 Å². The summed E-state index contributed by atoms with van der Waals surface area (Å²) < 4.78 is 5.97. The minimum absolute atomic E-state index is 0.0478. The summed E-state index contributed by atoms with van der Waals surface area (Å²) in [6.45, 7) is 1.26. The molecule has 0 aromatic heterocycles. The molecule has 1 aliphatic heterocycles. The van der Waals surface area contributed by atoms with Gasteiger partial charge in [-0.1, -0.05) is 17.7 Å². The van der Waals surface area contributed by atoms with Crippen molar-refractivity contribution in [2.45, 2.75) is 18.9 Å². The van der Waals surface area contributed by atoms with Crippen molar-refractivity contribution in [3.63, 3.8) is 0 Å². The highest BCUT2D eigenvalue weighted by Crippen LogP contribution is 2.22. The van der Waals surface area contributed by atoms with E-state index in [1.807, 2.05) is 17.0 Å². The van der Waals surface area contributed by atoms with Crippen LogP contribution < -0.4 is 4.74 Å². The van der Waals surface area contributed by atoms with Crippen molar-refractivity contribution in [1.82, 2.24) is 9.80 Å². The Hall–Kier alpha value is -2.53. The molecule has 1 fully saturated rings. The van der Waals surface area contributed by atoms with E-state index in [2.05, 4.69) is 0 Å². The van der Waals surface area contributed by atoms with E-state index >= 15 is 0 Å². The number of nitrogens with zero attached hydrogens (tertiary/aromatic N) is 2. The molecule has 0 spiro atoms. The maximum absolute atomic E-state index is 12.8. The van der Waals surface area contributed by atoms with Crippen LogP contribution in [0.1, 0.15) is 33.6 Å². The third-order valence-corrected chi connectivity index (χ3v) is 4.86. The van der Waals surface area contributed by atoms with Crippen molar-refractivity contribution in [1.29, 1.82) is 0 Å². The largest absolute Gasteiger partial charge is 0.490 e. The van der Waals surface area contributed by atoms with Gasteiger partial charge in [-0.15, -0.1) is 0 Å². The molecule has 2 aromatic rings. The summed E-state index contributed by atoms with van der Waals surface area (Å²) in [6, 6.07) is 14.2. The molecular formula is C21H23ClN2O3. The molecule has 3 rings (SSSR count). The van der Waals surface area contributed by atoms with Crippen LogP contribution in [0.4, 0.5) is 0 Å². The van der Waals surface area contributed by atoms with Crippen LogP contribution in [0, 0.1) is 0 Å². The van der Waals surface area contributed by atoms with Gasteiger partial charge in [-0.2, -0.15) is 0 Å². The van der Waals surface area contributed by atoms with Crippen LogP contribution in [0.25, 0.3) is 0 Å². The number of hydrogen-bond acceptors (Lipinski definition) is 3. The van der Waals surface area contributed by atoms with Gasteiger partial charge >= 0.3 is 0 Å². The highest BCUT2D eigenvalue weighted by atomic mass is 35.5. The van der Waals surface area contributed by atoms with Gasteiger partial charge < -0.3 is 14.5 Å². The molecule has 1 heterocycles. The number of rotatable bonds is 4. The van der Waals surface area contributed by atoms with Crippen molar-refractivity contribution in [2.24, 2.45) is 0 Å². The lowest BCUT2D eigenvalue weighted by atomic mass is 10.0. The van der Waals surface area contributed by atoms with Gasteiger partial charge in [0, 0.05) is 56.2 Å². The molecule has 1 aliphatic rings. The van der Waals surface area contributed by atoms with E-state index in [1.165, 1.54) is 4.90 Å². The van der Waals surface area contributed by atoms with E-state index in [0.29, 0.717) is 29.2 Å². The minimum atomic E-state index is -0.111. The van der Waals surface area contributed by atoms with Crippen LogP contribution >= 0.6 is 11.6 Å². The molecule has 0 saturated carbocycles. The summed E-state index contributed by atoms with van der Waals surface area (Å²) in [5.41, 5.74) is 1.06. The second-order valence-electron chi connectivity index (χ2n) is 6.84. The molecule has 142 valence electrons. The number of likely N-dealkylation sites (tertiary alicyclic amines) is 1. The topological polar surface area (TPSA) is 49.9 Å². The van der Waals surface area contributed by atoms with Gasteiger partial charge in [-0.05, 0) is 42.5 Å². The maximum atomic E-state index is 12.8. The molecule has 0 unspecified atom stereocenters. The number of carbonyl (C=O) groups is 2. The Morgan fingerprint density at radius 3 is 2.30 bits per heavy atom. The van der Waals surface area contributed by atoms with Gasteiger partial charge in [-0.25, -0.2) is 0 Å². The molecule has 6 heteroatoms. The molecular weight excluding hydrogens is 364 g/mol. The first-order valence-corrected chi connectivity index (χ1v) is 9.35. The zero-order valence-corrected chi connectivity index (χ0v) is 16.3. The van der Waals surface area contributed by atoms with Gasteiger partial charge in [-0.3, -0.25) is 9.59 Å². The van der Waals surface area contributed by atoms with E-state index in [9.17, 15) is 9.59 Å². The standard InChI is InChI=1S/C21H23ClN2O3/c1-23(2)20(25)15-4-3-5-16(14-15)21(26)24-12-10-19(11-13-24)27-18-8-6-17(22)7-9-18/h3-9,14,19H,10-13H2,1-2H3. The highest BCUT2D eigenvalue weighted by molar-refractivity contribution is 6.30. The lowest BCUT2D eigenvalue weighted by molar-refractivity contribution is 0.0595. The van der Waals surface area contributed by atoms with Crippen molar-refractivity contribution in [3.8, 4) is 5.75 Å². The predicted octanol–water partition coefficient (Wildman–Crippen LogP) is 3.73. The van der Waals surface area contributed by atoms with E-state index in [4.69, 9.17) is 16.3 Å². The Labute approximate surface area is 164 Å². The average molecular weight is 387 g/mol. The van der Waals surface area contributed by atoms with Crippen LogP contribution in [-0.2, 0) is 0 Å². The first-order chi connectivity index (χ1) is 12.9. The van der Waals surface area contributed by atoms with Gasteiger partial charge in [0.2, 0.25) is 0 Å². The Kier molecular flexibility index (Phi) is 6.01. The first-order valence-electron chi connectivity index (χ1n) is 8.97. The Morgan fingerprint density at radius 2 is 1.67 bits per heavy atom. The fraction of sp³-hybridized carbons (Fsp3) is 0.333. The Morgan fingerprint density at radius 1 is 1.04 bits per heavy atom. The normalized spacial score (nSPS) is 14.7. The zero-order chi connectivity index (χ0) is 19.4. The summed E-state index contributed by atoms with van der Waals surface area (Å²) in [6.07, 6.45) is 1.62. The lowest BCUT2D eigenvalue weighted by Gasteiger charge is -2.32. The SMILES string of the molecule is CN(C)C(=O)c1cccc(C(=O)N2CCC(Oc3ccc(Cl)cc3)CC2)c1. The molecule has 0 atom stereocenters. The fourth-order valence-electron chi connectivity index (χ4n) is 3.11. The van der Waals surface area contributed by atoms with Crippen LogP contribution in [0.15, 0.2) is 48.5 Å². The quantitative estimate of drug-likeness (QED) is 0.804. The van der Waals surface area contributed by atoms with Crippen LogP contribution in [0.3, 0.4) is 0 Å². The van der Waals surface area contributed by atoms with Crippen molar-refractivity contribution in [3.05, 3.63) is 64.7 Å². The monoisotopic (exact) mass is 386 g/mol. The summed E-state index contributed by atoms with van der Waals surface area (Å²) in [5.74, 6) is 0.632. The molecule has 0 aliphatic carbocycles. The molecule has 0 bridgehead atoms. The number of hydrogen-bond donors (Lipinski definition) is 0. The molecule has 1 saturated heterocycles. The molecule has 2 aromatic carbocycles. The summed E-state index contributed by atoms with van der Waals surface area (Å²) >= 11 is 5.89. The summed E-state index contributed by atoms with van der Waals surface area (Å²) in [5, 5.41) is 0.678. The number of halogens is 1. The number of ether oxygens (including phenoxy) is 1. The molecule has 5 nitrogen and oxygen atoms in total. The van der Waals surface area contributed by atoms with Crippen LogP contribution in [-0.4, -0.2) is 54.9 Å². The van der Waals surface area contributed by atoms with Crippen molar-refractivity contribution < 1.29 is 14.3 Å². The number of carbonyl (C=O) groups excluding carboxylic acids is 2. The number of amides is 2. The molecule has 2 amide bonds. The van der Waals surface area contributed by atoms with Gasteiger partial charge in [0.1, 0.15) is 11.9 Å². The fourth-order valence-corrected chi connectivity index (χ4v) is 3.23. The first kappa shape index (κ1) is 19.2. The second-order valence-corrected chi connectivity index (χ2v) is 7.28. The Balaban J connectivity index is 1.59. The smallest absolute Gasteiger partial charge is 0.253 e. The summed E-state index contributed by atoms with van der Waals surface area (Å²) in [7, 11) is 3.39. The lowest BCUT2D eigenvalue weighted by Crippen LogP contribution is -2.41. The van der Waals surface area contributed by atoms with Gasteiger partial charge in [0.15, 0.2) is 0 Å². The van der Waals surface area contributed by atoms with E-state index < -0.39 is 0 Å². The predicted molar refractivity (Wildman–Crippen MR) is 105 cm³/mol. The van der Waals surface area contributed by atoms with Gasteiger partial charge in [0.05, 0.1) is 0 Å². The third-order valence-electron chi connectivity index (χ3n) is 4.61. The van der Waals surface area contributed by atoms with Crippen LogP contribution in [0.2, 0.25) is 5.02 Å². The summed E-state index contributed by atoms with van der Waals surface area (Å²) in [4.78, 5) is 28.2. The maximum Gasteiger partial charge on any atom is 0.253 e. The van der Waals surface area contributed by atoms with Gasteiger partial charge in [0.25, 0.3) is 11.8 Å². The van der Waals surface area contributed by atoms with E-state index in [-0.39, 0.29) is 17.9 Å². The number of benzene rings is 2. The van der Waals surface area contributed by atoms with Crippen molar-refractivity contribution in [2.75, 3.05) is 27.2 Å². The second kappa shape index (κ2) is 8.44. The zero-order valence-electron chi connectivity index (χ0n) is 15.5. The van der Waals surface area contributed by atoms with E-state index in [0.717, 1.165) is 18.6 Å². The third kappa shape index (κ3) is 4.80. The number of piperidine rings is 1. The highest BCUT2D eigenvalue weighted by Gasteiger charge is 2.25. The molecule has 0 radical (unpaired) electrons. The average Bonchev–Trinajstić information content (AvgIpc) is 2.69. The van der Waals surface area contributed by atoms with Crippen molar-refractivity contribution >= 4 is 23.4 Å².